The Kier molecular flexibility index (Phi) is 3.41. The van der Waals surface area contributed by atoms with Crippen LogP contribution in [0.3, 0.4) is 0 Å². The van der Waals surface area contributed by atoms with Crippen LogP contribution in [-0.2, 0) is 16.0 Å². The van der Waals surface area contributed by atoms with Crippen LogP contribution in [0.2, 0.25) is 0 Å². The Hall–Kier alpha value is -1.85. The summed E-state index contributed by atoms with van der Waals surface area (Å²) in [6.07, 6.45) is 4.05. The van der Waals surface area contributed by atoms with E-state index in [1.807, 2.05) is 0 Å². The monoisotopic (exact) mass is 238 g/mol. The molecule has 1 aliphatic rings. The van der Waals surface area contributed by atoms with Crippen LogP contribution < -0.4 is 5.32 Å². The third kappa shape index (κ3) is 3.58. The highest BCUT2D eigenvalue weighted by Gasteiger charge is 2.30. The number of carbonyl (C=O) groups is 2. The van der Waals surface area contributed by atoms with Gasteiger partial charge in [-0.15, -0.1) is 0 Å². The number of carboxylic acids is 1. The van der Waals surface area contributed by atoms with Crippen molar-refractivity contribution in [3.8, 4) is 0 Å². The third-order valence-corrected chi connectivity index (χ3v) is 2.73. The molecule has 0 saturated heterocycles. The summed E-state index contributed by atoms with van der Waals surface area (Å²) in [5.41, 5.74) is 0.498. The number of amides is 1. The smallest absolute Gasteiger partial charge is 0.326 e. The Morgan fingerprint density at radius 3 is 2.88 bits per heavy atom. The van der Waals surface area contributed by atoms with E-state index in [9.17, 15) is 9.59 Å². The van der Waals surface area contributed by atoms with Crippen molar-refractivity contribution in [1.82, 2.24) is 10.5 Å². The van der Waals surface area contributed by atoms with Crippen LogP contribution in [0.5, 0.6) is 0 Å². The summed E-state index contributed by atoms with van der Waals surface area (Å²) in [6.45, 7) is 0. The van der Waals surface area contributed by atoms with Gasteiger partial charge in [0.15, 0.2) is 0 Å². The summed E-state index contributed by atoms with van der Waals surface area (Å²) in [7, 11) is 0. The fraction of sp³-hybridized carbons (Fsp3) is 0.545. The molecule has 0 radical (unpaired) electrons. The maximum absolute atomic E-state index is 11.6. The molecule has 0 aromatic carbocycles. The fourth-order valence-electron chi connectivity index (χ4n) is 1.65. The zero-order valence-corrected chi connectivity index (χ0v) is 9.26. The first-order valence-corrected chi connectivity index (χ1v) is 5.56. The molecule has 17 heavy (non-hydrogen) atoms. The molecule has 1 unspecified atom stereocenters. The second-order valence-electron chi connectivity index (χ2n) is 4.30. The minimum absolute atomic E-state index is 0.0466. The van der Waals surface area contributed by atoms with Crippen LogP contribution >= 0.6 is 0 Å². The maximum Gasteiger partial charge on any atom is 0.326 e. The first kappa shape index (κ1) is 11.6. The van der Waals surface area contributed by atoms with Crippen LogP contribution in [0.25, 0.3) is 0 Å². The van der Waals surface area contributed by atoms with E-state index in [4.69, 9.17) is 5.11 Å². The highest BCUT2D eigenvalue weighted by Crippen LogP contribution is 2.33. The van der Waals surface area contributed by atoms with E-state index in [0.29, 0.717) is 18.0 Å². The largest absolute Gasteiger partial charge is 0.480 e. The molecular weight excluding hydrogens is 224 g/mol. The lowest BCUT2D eigenvalue weighted by Crippen LogP contribution is -2.41. The highest BCUT2D eigenvalue weighted by molar-refractivity contribution is 5.84. The number of aliphatic carboxylic acids is 1. The molecule has 1 amide bonds. The van der Waals surface area contributed by atoms with Gasteiger partial charge in [0.05, 0.1) is 12.1 Å². The molecule has 2 N–H and O–H groups in total. The van der Waals surface area contributed by atoms with Gasteiger partial charge in [0.2, 0.25) is 5.91 Å². The van der Waals surface area contributed by atoms with Gasteiger partial charge in [-0.25, -0.2) is 4.79 Å². The molecule has 1 aromatic rings. The molecule has 2 rings (SSSR count). The number of aromatic nitrogens is 1. The first-order valence-electron chi connectivity index (χ1n) is 5.56. The molecule has 1 fully saturated rings. The number of nitrogens with one attached hydrogen (secondary N) is 1. The number of carboxylic acid groups (broad SMARTS) is 1. The molecule has 92 valence electrons. The lowest BCUT2D eigenvalue weighted by atomic mass is 10.1. The summed E-state index contributed by atoms with van der Waals surface area (Å²) in [5.74, 6) is -0.874. The van der Waals surface area contributed by atoms with Crippen molar-refractivity contribution in [3.05, 3.63) is 18.0 Å². The van der Waals surface area contributed by atoms with Crippen molar-refractivity contribution >= 4 is 11.9 Å². The molecule has 6 heteroatoms. The van der Waals surface area contributed by atoms with Gasteiger partial charge in [-0.05, 0) is 12.3 Å². The standard InChI is InChI=1S/C11H14N2O4/c14-10(6-8-3-4-17-13-8)12-9(11(15)16)5-7-1-2-7/h3-4,7,9H,1-2,5-6H2,(H,12,14)(H,15,16). The van der Waals surface area contributed by atoms with E-state index in [2.05, 4.69) is 15.0 Å². The number of hydrogen-bond acceptors (Lipinski definition) is 4. The van der Waals surface area contributed by atoms with Crippen molar-refractivity contribution in [2.75, 3.05) is 0 Å². The van der Waals surface area contributed by atoms with Gasteiger partial charge >= 0.3 is 5.97 Å². The van der Waals surface area contributed by atoms with Crippen molar-refractivity contribution in [3.63, 3.8) is 0 Å². The number of carbonyl (C=O) groups excluding carboxylic acids is 1. The predicted molar refractivity (Wildman–Crippen MR) is 57.1 cm³/mol. The van der Waals surface area contributed by atoms with Gasteiger partial charge in [-0.1, -0.05) is 18.0 Å². The van der Waals surface area contributed by atoms with E-state index >= 15 is 0 Å². The lowest BCUT2D eigenvalue weighted by Gasteiger charge is -2.13. The molecule has 1 aliphatic carbocycles. The van der Waals surface area contributed by atoms with Crippen LogP contribution in [0.1, 0.15) is 25.0 Å². The molecule has 0 aliphatic heterocycles. The summed E-state index contributed by atoms with van der Waals surface area (Å²) < 4.78 is 4.60. The quantitative estimate of drug-likeness (QED) is 0.756. The van der Waals surface area contributed by atoms with E-state index < -0.39 is 12.0 Å². The van der Waals surface area contributed by atoms with Gasteiger partial charge in [-0.3, -0.25) is 4.79 Å². The SMILES string of the molecule is O=C(Cc1ccon1)NC(CC1CC1)C(=O)O. The summed E-state index contributed by atoms with van der Waals surface area (Å²) in [6, 6.07) is 0.790. The highest BCUT2D eigenvalue weighted by atomic mass is 16.5. The second-order valence-corrected chi connectivity index (χ2v) is 4.30. The molecule has 6 nitrogen and oxygen atoms in total. The molecule has 1 aromatic heterocycles. The van der Waals surface area contributed by atoms with Crippen LogP contribution in [-0.4, -0.2) is 28.2 Å². The fourth-order valence-corrected chi connectivity index (χ4v) is 1.65. The molecule has 1 saturated carbocycles. The number of nitrogens with zero attached hydrogens (tertiary/aromatic N) is 1. The van der Waals surface area contributed by atoms with E-state index in [1.54, 1.807) is 6.07 Å². The maximum atomic E-state index is 11.6. The van der Waals surface area contributed by atoms with E-state index in [1.165, 1.54) is 6.26 Å². The Balaban J connectivity index is 1.83. The van der Waals surface area contributed by atoms with Crippen LogP contribution in [0, 0.1) is 5.92 Å². The van der Waals surface area contributed by atoms with Gasteiger partial charge in [0, 0.05) is 6.07 Å². The zero-order chi connectivity index (χ0) is 12.3. The minimum atomic E-state index is -0.981. The van der Waals surface area contributed by atoms with E-state index in [-0.39, 0.29) is 12.3 Å². The Labute approximate surface area is 98.0 Å². The van der Waals surface area contributed by atoms with Gasteiger partial charge in [-0.2, -0.15) is 0 Å². The van der Waals surface area contributed by atoms with Crippen molar-refractivity contribution in [2.45, 2.75) is 31.7 Å². The first-order chi connectivity index (χ1) is 8.15. The Bertz CT molecular complexity index is 398. The van der Waals surface area contributed by atoms with Crippen molar-refractivity contribution < 1.29 is 19.2 Å². The zero-order valence-electron chi connectivity index (χ0n) is 9.26. The Morgan fingerprint density at radius 2 is 2.35 bits per heavy atom. The van der Waals surface area contributed by atoms with Crippen LogP contribution in [0.4, 0.5) is 0 Å². The van der Waals surface area contributed by atoms with E-state index in [0.717, 1.165) is 12.8 Å². The molecule has 0 spiro atoms. The lowest BCUT2D eigenvalue weighted by molar-refractivity contribution is -0.142. The van der Waals surface area contributed by atoms with Gasteiger partial charge in [0.1, 0.15) is 12.3 Å². The Morgan fingerprint density at radius 1 is 1.59 bits per heavy atom. The summed E-state index contributed by atoms with van der Waals surface area (Å²) >= 11 is 0. The van der Waals surface area contributed by atoms with Crippen molar-refractivity contribution in [2.24, 2.45) is 5.92 Å². The minimum Gasteiger partial charge on any atom is -0.480 e. The summed E-state index contributed by atoms with van der Waals surface area (Å²) in [5, 5.41) is 15.1. The third-order valence-electron chi connectivity index (χ3n) is 2.73. The normalized spacial score (nSPS) is 16.5. The molecule has 1 heterocycles. The number of rotatable bonds is 6. The predicted octanol–water partition coefficient (Wildman–Crippen LogP) is 0.587. The second kappa shape index (κ2) is 4.99. The molecule has 0 bridgehead atoms. The average molecular weight is 238 g/mol. The van der Waals surface area contributed by atoms with Gasteiger partial charge < -0.3 is 14.9 Å². The van der Waals surface area contributed by atoms with Crippen molar-refractivity contribution in [1.29, 1.82) is 0 Å². The average Bonchev–Trinajstić information content (AvgIpc) is 2.93. The molecular formula is C11H14N2O4. The van der Waals surface area contributed by atoms with Gasteiger partial charge in [0.25, 0.3) is 0 Å². The molecule has 1 atom stereocenters. The van der Waals surface area contributed by atoms with Crippen LogP contribution in [0.15, 0.2) is 16.9 Å². The topological polar surface area (TPSA) is 92.4 Å². The number of hydrogen-bond donors (Lipinski definition) is 2. The summed E-state index contributed by atoms with van der Waals surface area (Å²) in [4.78, 5) is 22.5.